The Hall–Kier alpha value is -3.41. The number of allylic oxidation sites excluding steroid dienone is 1. The smallest absolute Gasteiger partial charge is 0.309 e. The van der Waals surface area contributed by atoms with Crippen molar-refractivity contribution in [2.24, 2.45) is 64.1 Å². The zero-order chi connectivity index (χ0) is 44.9. The summed E-state index contributed by atoms with van der Waals surface area (Å²) in [5.74, 6) is 1.27. The summed E-state index contributed by atoms with van der Waals surface area (Å²) >= 11 is 0. The van der Waals surface area contributed by atoms with Crippen LogP contribution in [-0.4, -0.2) is 90.5 Å². The molecular formula is C51H75N3O8. The van der Waals surface area contributed by atoms with E-state index in [-0.39, 0.29) is 82.4 Å². The molecule has 1 heterocycles. The number of carbonyl (C=O) groups is 5. The lowest BCUT2D eigenvalue weighted by Crippen LogP contribution is -2.65. The van der Waals surface area contributed by atoms with Gasteiger partial charge in [0.25, 0.3) is 5.91 Å². The summed E-state index contributed by atoms with van der Waals surface area (Å²) in [6, 6.07) is 7.63. The molecule has 12 unspecified atom stereocenters. The van der Waals surface area contributed by atoms with Crippen LogP contribution >= 0.6 is 0 Å². The molecule has 6 aliphatic carbocycles. The maximum absolute atomic E-state index is 14.5. The van der Waals surface area contributed by atoms with E-state index in [0.29, 0.717) is 36.2 Å². The first kappa shape index (κ1) is 46.6. The number of fused-ring (bicyclic) bond motifs is 7. The van der Waals surface area contributed by atoms with Crippen molar-refractivity contribution in [3.63, 3.8) is 0 Å². The van der Waals surface area contributed by atoms with Gasteiger partial charge in [-0.3, -0.25) is 24.1 Å². The molecule has 1 aliphatic heterocycles. The molecule has 5 saturated carbocycles. The molecule has 0 aromatic heterocycles. The topological polar surface area (TPSA) is 151 Å². The second-order valence-corrected chi connectivity index (χ2v) is 21.7. The Morgan fingerprint density at radius 2 is 1.58 bits per heavy atom. The number of ether oxygens (including phenoxy) is 2. The first-order chi connectivity index (χ1) is 29.4. The first-order valence-corrected chi connectivity index (χ1v) is 23.8. The van der Waals surface area contributed by atoms with Crippen molar-refractivity contribution < 1.29 is 38.6 Å². The Labute approximate surface area is 370 Å². The van der Waals surface area contributed by atoms with Crippen molar-refractivity contribution in [1.82, 2.24) is 15.5 Å². The Bertz CT molecular complexity index is 1900. The number of morpholine rings is 1. The molecule has 1 saturated heterocycles. The molecule has 3 N–H and O–H groups in total. The third-order valence-corrected chi connectivity index (χ3v) is 17.8. The Morgan fingerprint density at radius 3 is 2.23 bits per heavy atom. The molecule has 2 amide bonds. The van der Waals surface area contributed by atoms with E-state index >= 15 is 0 Å². The molecule has 6 fully saturated rings. The number of benzene rings is 1. The minimum atomic E-state index is -1.21. The fourth-order valence-electron chi connectivity index (χ4n) is 14.3. The lowest BCUT2D eigenvalue weighted by Gasteiger charge is -2.67. The third-order valence-electron chi connectivity index (χ3n) is 17.8. The van der Waals surface area contributed by atoms with Crippen LogP contribution in [0, 0.1) is 64.1 Å². The van der Waals surface area contributed by atoms with Crippen LogP contribution in [0.5, 0.6) is 0 Å². The number of amides is 2. The number of nitrogens with zero attached hydrogens (tertiary/aromatic N) is 1. The molecule has 0 bridgehead atoms. The second-order valence-electron chi connectivity index (χ2n) is 21.7. The van der Waals surface area contributed by atoms with Crippen molar-refractivity contribution in [1.29, 1.82) is 0 Å². The molecule has 62 heavy (non-hydrogen) atoms. The highest BCUT2D eigenvalue weighted by Crippen LogP contribution is 2.70. The van der Waals surface area contributed by atoms with E-state index in [0.717, 1.165) is 102 Å². The van der Waals surface area contributed by atoms with E-state index in [2.05, 4.69) is 50.2 Å². The van der Waals surface area contributed by atoms with Crippen molar-refractivity contribution in [2.45, 2.75) is 143 Å². The summed E-state index contributed by atoms with van der Waals surface area (Å²) in [7, 11) is 1.00. The minimum absolute atomic E-state index is 0.0308. The van der Waals surface area contributed by atoms with Crippen LogP contribution in [0.15, 0.2) is 35.4 Å². The largest absolute Gasteiger partial charge is 0.462 e. The second kappa shape index (κ2) is 17.9. The van der Waals surface area contributed by atoms with Gasteiger partial charge < -0.3 is 30.0 Å². The number of ketones is 1. The predicted molar refractivity (Wildman–Crippen MR) is 238 cm³/mol. The van der Waals surface area contributed by atoms with Crippen molar-refractivity contribution in [2.75, 3.05) is 33.4 Å². The molecule has 8 rings (SSSR count). The number of hydrogen-bond donors (Lipinski definition) is 3. The molecule has 0 radical (unpaired) electrons. The third kappa shape index (κ3) is 8.14. The van der Waals surface area contributed by atoms with Gasteiger partial charge in [0.1, 0.15) is 17.9 Å². The molecule has 1 aromatic rings. The molecule has 7 aliphatic rings. The number of aliphatic hydroxyl groups excluding tert-OH is 1. The minimum Gasteiger partial charge on any atom is -0.462 e. The van der Waals surface area contributed by atoms with E-state index < -0.39 is 11.1 Å². The normalized spacial score (nSPS) is 37.9. The van der Waals surface area contributed by atoms with Crippen molar-refractivity contribution in [3.8, 4) is 0 Å². The lowest BCUT2D eigenvalue weighted by molar-refractivity contribution is -0.195. The van der Waals surface area contributed by atoms with E-state index in [4.69, 9.17) is 14.6 Å². The Morgan fingerprint density at radius 1 is 0.935 bits per heavy atom. The van der Waals surface area contributed by atoms with Gasteiger partial charge in [-0.15, -0.1) is 0 Å². The summed E-state index contributed by atoms with van der Waals surface area (Å²) in [4.78, 5) is 69.2. The highest BCUT2D eigenvalue weighted by atomic mass is 16.5. The monoisotopic (exact) mass is 858 g/mol. The maximum atomic E-state index is 14.5. The van der Waals surface area contributed by atoms with Crippen LogP contribution in [0.1, 0.15) is 136 Å². The van der Waals surface area contributed by atoms with Gasteiger partial charge in [-0.25, -0.2) is 0 Å². The van der Waals surface area contributed by atoms with E-state index in [1.165, 1.54) is 5.57 Å². The number of rotatable bonds is 10. The SMILES string of the molecule is CC(C)C1=C2C3CCC4C(C)(CCC5C(C)C(OC(=O)C6CC(C=O)C6C)CCC54C)C3CCC2(NC(=O)C(C)(C)NC(=O)c2ccc(CN3CCOCC3)cc2)CC1=O.CO. The summed E-state index contributed by atoms with van der Waals surface area (Å²) in [6.45, 7) is 21.2. The van der Waals surface area contributed by atoms with E-state index in [1.54, 1.807) is 13.8 Å². The van der Waals surface area contributed by atoms with Crippen LogP contribution in [0.2, 0.25) is 0 Å². The zero-order valence-corrected chi connectivity index (χ0v) is 39.0. The van der Waals surface area contributed by atoms with Crippen LogP contribution in [-0.2, 0) is 35.2 Å². The van der Waals surface area contributed by atoms with Crippen molar-refractivity contribution >= 4 is 29.9 Å². The molecule has 0 spiro atoms. The summed E-state index contributed by atoms with van der Waals surface area (Å²) in [5.41, 5.74) is 2.00. The van der Waals surface area contributed by atoms with Crippen LogP contribution < -0.4 is 10.6 Å². The standard InChI is InChI=1S/C50H71N3O7.CH4O/c1-29(2)42-39(55)26-50(52-46(58)47(5,6)51-44(56)33-11-9-32(10-12-33)27-53-21-23-59-24-22-53)20-16-38-35(43(42)50)13-14-41-48(7)19-17-40(31(4)37(48)15-18-49(38,41)8)60-45(57)36-25-34(28-54)30(36)3;1-2/h9-12,28-31,34-38,40-41H,13-27H2,1-8H3,(H,51,56)(H,52,58);2H,1H3. The predicted octanol–water partition coefficient (Wildman–Crippen LogP) is 7.09. The van der Waals surface area contributed by atoms with Gasteiger partial charge in [0.15, 0.2) is 5.78 Å². The Kier molecular flexibility index (Phi) is 13.4. The average molecular weight is 858 g/mol. The van der Waals surface area contributed by atoms with Crippen LogP contribution in [0.25, 0.3) is 0 Å². The number of esters is 1. The van der Waals surface area contributed by atoms with E-state index in [9.17, 15) is 24.0 Å². The molecular weight excluding hydrogens is 783 g/mol. The number of hydrogen-bond acceptors (Lipinski definition) is 9. The first-order valence-electron chi connectivity index (χ1n) is 23.8. The van der Waals surface area contributed by atoms with Crippen molar-refractivity contribution in [3.05, 3.63) is 46.5 Å². The number of Topliss-reactive ketones (excluding diaryl/α,β-unsaturated/α-hetero) is 1. The highest BCUT2D eigenvalue weighted by Gasteiger charge is 2.65. The highest BCUT2D eigenvalue weighted by molar-refractivity contribution is 6.03. The molecule has 11 nitrogen and oxygen atoms in total. The number of carbonyl (C=O) groups excluding carboxylic acids is 5. The summed E-state index contributed by atoms with van der Waals surface area (Å²) in [5, 5.41) is 13.5. The number of aliphatic hydroxyl groups is 1. The Balaban J connectivity index is 0.00000285. The van der Waals surface area contributed by atoms with Gasteiger partial charge in [0, 0.05) is 44.6 Å². The van der Waals surface area contributed by atoms with Gasteiger partial charge in [0.05, 0.1) is 24.7 Å². The fraction of sp³-hybridized carbons (Fsp3) is 0.745. The zero-order valence-electron chi connectivity index (χ0n) is 39.0. The van der Waals surface area contributed by atoms with Gasteiger partial charge in [-0.1, -0.05) is 53.7 Å². The average Bonchev–Trinajstić information content (AvgIpc) is 3.54. The number of aldehydes is 1. The van der Waals surface area contributed by atoms with Gasteiger partial charge >= 0.3 is 5.97 Å². The quantitative estimate of drug-likeness (QED) is 0.166. The molecule has 11 heteroatoms. The molecule has 1 aromatic carbocycles. The van der Waals surface area contributed by atoms with Gasteiger partial charge in [-0.2, -0.15) is 0 Å². The summed E-state index contributed by atoms with van der Waals surface area (Å²) < 4.78 is 11.8. The van der Waals surface area contributed by atoms with Gasteiger partial charge in [0.2, 0.25) is 5.91 Å². The van der Waals surface area contributed by atoms with Gasteiger partial charge in [-0.05, 0) is 153 Å². The maximum Gasteiger partial charge on any atom is 0.309 e. The van der Waals surface area contributed by atoms with E-state index in [1.807, 2.05) is 31.2 Å². The summed E-state index contributed by atoms with van der Waals surface area (Å²) in [6.07, 6.45) is 9.64. The lowest BCUT2D eigenvalue weighted by atomic mass is 9.38. The number of nitrogens with one attached hydrogen (secondary N) is 2. The fourth-order valence-corrected chi connectivity index (χ4v) is 14.3. The molecule has 342 valence electrons. The molecule has 12 atom stereocenters. The van der Waals surface area contributed by atoms with Crippen LogP contribution in [0.3, 0.4) is 0 Å². The van der Waals surface area contributed by atoms with Crippen LogP contribution in [0.4, 0.5) is 0 Å².